The highest BCUT2D eigenvalue weighted by atomic mass is 19.4. The molecule has 1 heterocycles. The maximum Gasteiger partial charge on any atom is 0.414 e. The molecule has 0 saturated carbocycles. The van der Waals surface area contributed by atoms with Gasteiger partial charge in [0.05, 0.1) is 17.9 Å². The smallest absolute Gasteiger partial charge is 0.414 e. The highest BCUT2D eigenvalue weighted by molar-refractivity contribution is 5.90. The van der Waals surface area contributed by atoms with Crippen LogP contribution in [0, 0.1) is 0 Å². The van der Waals surface area contributed by atoms with Crippen molar-refractivity contribution in [1.82, 2.24) is 4.98 Å². The summed E-state index contributed by atoms with van der Waals surface area (Å²) >= 11 is 0. The second kappa shape index (κ2) is 24.9. The highest BCUT2D eigenvalue weighted by Gasteiger charge is 2.36. The lowest BCUT2D eigenvalue weighted by atomic mass is 10.0. The van der Waals surface area contributed by atoms with Crippen molar-refractivity contribution in [3.05, 3.63) is 78.0 Å². The Bertz CT molecular complexity index is 1320. The van der Waals surface area contributed by atoms with Gasteiger partial charge >= 0.3 is 12.1 Å². The molecule has 1 unspecified atom stereocenters. The summed E-state index contributed by atoms with van der Waals surface area (Å²) in [7, 11) is 0. The highest BCUT2D eigenvalue weighted by Crippen LogP contribution is 2.25. The summed E-state index contributed by atoms with van der Waals surface area (Å²) in [5.41, 5.74) is 5.87. The van der Waals surface area contributed by atoms with Crippen LogP contribution in [0.3, 0.4) is 0 Å². The van der Waals surface area contributed by atoms with Gasteiger partial charge < -0.3 is 9.47 Å². The van der Waals surface area contributed by atoms with Crippen LogP contribution in [0.2, 0.25) is 0 Å². The zero-order valence-corrected chi connectivity index (χ0v) is 31.3. The third-order valence-electron chi connectivity index (χ3n) is 9.64. The minimum atomic E-state index is -4.31. The molecule has 0 aliphatic carbocycles. The monoisotopic (exact) mass is 709 g/mol. The summed E-state index contributed by atoms with van der Waals surface area (Å²) in [5, 5.41) is 0. The van der Waals surface area contributed by atoms with Crippen LogP contribution in [0.5, 0.6) is 0 Å². The lowest BCUT2D eigenvalue weighted by Gasteiger charge is -2.16. The first-order valence-corrected chi connectivity index (χ1v) is 19.8. The van der Waals surface area contributed by atoms with Gasteiger partial charge in [-0.1, -0.05) is 152 Å². The summed E-state index contributed by atoms with van der Waals surface area (Å²) in [6.07, 6.45) is 20.1. The van der Waals surface area contributed by atoms with Crippen LogP contribution in [0.25, 0.3) is 22.4 Å². The van der Waals surface area contributed by atoms with Gasteiger partial charge in [-0.15, -0.1) is 0 Å². The van der Waals surface area contributed by atoms with E-state index in [1.54, 1.807) is 12.1 Å². The number of rotatable bonds is 27. The maximum absolute atomic E-state index is 12.5. The first-order chi connectivity index (χ1) is 24.8. The van der Waals surface area contributed by atoms with Crippen LogP contribution < -0.4 is 0 Å². The molecule has 0 aliphatic heterocycles. The van der Waals surface area contributed by atoms with Gasteiger partial charge in [0.25, 0.3) is 0 Å². The molecule has 2 aromatic carbocycles. The van der Waals surface area contributed by atoms with Crippen molar-refractivity contribution in [2.75, 3.05) is 13.2 Å². The standard InChI is InChI=1S/C44H62F3NO3/c1-3-4-5-6-7-8-9-10-11-12-13-14-16-19-22-37-23-25-38(26-24-37)41-31-32-42(48-35-41)39-27-29-40(30-28-39)43(49)51-34-21-18-15-17-20-33-50-36(2)44(45,46)47/h23-32,35-36H,3-22,33-34H2,1-2H3. The quantitative estimate of drug-likeness (QED) is 0.0584. The van der Waals surface area contributed by atoms with E-state index in [4.69, 9.17) is 9.47 Å². The summed E-state index contributed by atoms with van der Waals surface area (Å²) in [4.78, 5) is 17.2. The van der Waals surface area contributed by atoms with E-state index in [0.29, 0.717) is 25.0 Å². The van der Waals surface area contributed by atoms with Gasteiger partial charge in [0.15, 0.2) is 6.10 Å². The van der Waals surface area contributed by atoms with E-state index in [1.165, 1.54) is 95.5 Å². The van der Waals surface area contributed by atoms with Gasteiger partial charge in [-0.3, -0.25) is 4.98 Å². The molecule has 282 valence electrons. The van der Waals surface area contributed by atoms with E-state index in [1.807, 2.05) is 24.4 Å². The average Bonchev–Trinajstić information content (AvgIpc) is 3.14. The van der Waals surface area contributed by atoms with Crippen LogP contribution in [0.15, 0.2) is 66.9 Å². The zero-order chi connectivity index (χ0) is 36.6. The molecule has 0 aliphatic rings. The first kappa shape index (κ1) is 42.2. The number of carbonyl (C=O) groups is 1. The number of hydrogen-bond acceptors (Lipinski definition) is 4. The number of pyridine rings is 1. The molecule has 51 heavy (non-hydrogen) atoms. The number of hydrogen-bond donors (Lipinski definition) is 0. The van der Waals surface area contributed by atoms with Gasteiger partial charge in [-0.25, -0.2) is 4.79 Å². The minimum absolute atomic E-state index is 0.0960. The lowest BCUT2D eigenvalue weighted by molar-refractivity contribution is -0.214. The molecule has 0 spiro atoms. The fourth-order valence-electron chi connectivity index (χ4n) is 6.24. The maximum atomic E-state index is 12.5. The molecule has 0 saturated heterocycles. The number of unbranched alkanes of at least 4 members (excludes halogenated alkanes) is 17. The molecule has 0 radical (unpaired) electrons. The van der Waals surface area contributed by atoms with E-state index < -0.39 is 12.3 Å². The molecule has 0 amide bonds. The second-order valence-electron chi connectivity index (χ2n) is 14.0. The van der Waals surface area contributed by atoms with Crippen LogP contribution in [0.4, 0.5) is 13.2 Å². The fraction of sp³-hybridized carbons (Fsp3) is 0.591. The Hall–Kier alpha value is -3.19. The normalized spacial score (nSPS) is 12.3. The number of aryl methyl sites for hydroxylation is 1. The molecule has 1 aromatic heterocycles. The van der Waals surface area contributed by atoms with E-state index in [2.05, 4.69) is 42.2 Å². The van der Waals surface area contributed by atoms with E-state index in [9.17, 15) is 18.0 Å². The molecule has 3 rings (SSSR count). The van der Waals surface area contributed by atoms with Crippen LogP contribution in [-0.4, -0.2) is 36.4 Å². The van der Waals surface area contributed by atoms with Gasteiger partial charge in [-0.2, -0.15) is 13.2 Å². The van der Waals surface area contributed by atoms with Crippen molar-refractivity contribution in [1.29, 1.82) is 0 Å². The topological polar surface area (TPSA) is 48.4 Å². The van der Waals surface area contributed by atoms with E-state index >= 15 is 0 Å². The number of ether oxygens (including phenoxy) is 2. The van der Waals surface area contributed by atoms with Crippen molar-refractivity contribution < 1.29 is 27.4 Å². The molecular formula is C44H62F3NO3. The van der Waals surface area contributed by atoms with Crippen LogP contribution in [-0.2, 0) is 15.9 Å². The fourth-order valence-corrected chi connectivity index (χ4v) is 6.24. The SMILES string of the molecule is CCCCCCCCCCCCCCCCc1ccc(-c2ccc(-c3ccc(C(=O)OCCCCCCCOC(C)C(F)(F)F)cc3)nc2)cc1. The molecule has 0 bridgehead atoms. The Morgan fingerprint density at radius 1 is 0.608 bits per heavy atom. The molecule has 7 heteroatoms. The molecular weight excluding hydrogens is 647 g/mol. The van der Waals surface area contributed by atoms with Gasteiger partial charge in [-0.05, 0) is 61.9 Å². The summed E-state index contributed by atoms with van der Waals surface area (Å²) < 4.78 is 47.6. The zero-order valence-electron chi connectivity index (χ0n) is 31.3. The van der Waals surface area contributed by atoms with Crippen molar-refractivity contribution in [3.63, 3.8) is 0 Å². The van der Waals surface area contributed by atoms with Gasteiger partial charge in [0.2, 0.25) is 0 Å². The number of aromatic nitrogens is 1. The molecule has 0 N–H and O–H groups in total. The van der Waals surface area contributed by atoms with Crippen molar-refractivity contribution in [2.45, 2.75) is 155 Å². The molecule has 3 aromatic rings. The second-order valence-corrected chi connectivity index (χ2v) is 14.0. The van der Waals surface area contributed by atoms with Crippen LogP contribution >= 0.6 is 0 Å². The van der Waals surface area contributed by atoms with Crippen molar-refractivity contribution >= 4 is 5.97 Å². The van der Waals surface area contributed by atoms with Gasteiger partial charge in [0.1, 0.15) is 0 Å². The average molecular weight is 710 g/mol. The Morgan fingerprint density at radius 3 is 1.63 bits per heavy atom. The Labute approximate surface area is 306 Å². The Kier molecular flexibility index (Phi) is 20.6. The third-order valence-corrected chi connectivity index (χ3v) is 9.64. The number of carbonyl (C=O) groups excluding carboxylic acids is 1. The van der Waals surface area contributed by atoms with E-state index in [0.717, 1.165) is 55.0 Å². The largest absolute Gasteiger partial charge is 0.462 e. The number of nitrogens with zero attached hydrogens (tertiary/aromatic N) is 1. The lowest BCUT2D eigenvalue weighted by Crippen LogP contribution is -2.28. The van der Waals surface area contributed by atoms with Crippen molar-refractivity contribution in [3.8, 4) is 22.4 Å². The molecule has 4 nitrogen and oxygen atoms in total. The number of esters is 1. The summed E-state index contributed by atoms with van der Waals surface area (Å²) in [5.74, 6) is -0.368. The number of benzene rings is 2. The predicted octanol–water partition coefficient (Wildman–Crippen LogP) is 13.5. The summed E-state index contributed by atoms with van der Waals surface area (Å²) in [6, 6.07) is 20.2. The van der Waals surface area contributed by atoms with E-state index in [-0.39, 0.29) is 12.6 Å². The van der Waals surface area contributed by atoms with Crippen molar-refractivity contribution in [2.24, 2.45) is 0 Å². The molecule has 1 atom stereocenters. The Morgan fingerprint density at radius 2 is 1.10 bits per heavy atom. The van der Waals surface area contributed by atoms with Crippen LogP contribution in [0.1, 0.15) is 152 Å². The first-order valence-electron chi connectivity index (χ1n) is 19.8. The Balaban J connectivity index is 1.26. The third kappa shape index (κ3) is 17.7. The summed E-state index contributed by atoms with van der Waals surface area (Å²) in [6.45, 7) is 3.71. The number of alkyl halides is 3. The van der Waals surface area contributed by atoms with Gasteiger partial charge in [0, 0.05) is 23.9 Å². The number of halogens is 3. The molecule has 0 fully saturated rings. The predicted molar refractivity (Wildman–Crippen MR) is 204 cm³/mol. The minimum Gasteiger partial charge on any atom is -0.462 e.